The van der Waals surface area contributed by atoms with Crippen molar-refractivity contribution in [2.75, 3.05) is 24.5 Å². The number of anilines is 1. The molecule has 0 radical (unpaired) electrons. The molecule has 0 saturated carbocycles. The van der Waals surface area contributed by atoms with Gasteiger partial charge in [-0.15, -0.1) is 35.3 Å². The number of piperidine rings is 1. The summed E-state index contributed by atoms with van der Waals surface area (Å²) in [7, 11) is 0. The lowest BCUT2D eigenvalue weighted by Gasteiger charge is -2.33. The van der Waals surface area contributed by atoms with Crippen LogP contribution < -0.4 is 15.5 Å². The maximum Gasteiger partial charge on any atom is 0.191 e. The number of aromatic nitrogens is 1. The molecule has 0 aliphatic carbocycles. The third-order valence-corrected chi connectivity index (χ3v) is 5.29. The summed E-state index contributed by atoms with van der Waals surface area (Å²) >= 11 is 1.82. The molecule has 1 fully saturated rings. The van der Waals surface area contributed by atoms with E-state index in [0.29, 0.717) is 12.6 Å². The van der Waals surface area contributed by atoms with Gasteiger partial charge in [-0.3, -0.25) is 0 Å². The van der Waals surface area contributed by atoms with Crippen molar-refractivity contribution in [1.29, 1.82) is 0 Å². The fourth-order valence-electron chi connectivity index (χ4n) is 2.96. The van der Waals surface area contributed by atoms with Gasteiger partial charge in [-0.2, -0.15) is 0 Å². The standard InChI is InChI=1S/C18H27N5OS.HI/c1-3-14-12-16(24-22-14)13-20-18(19-4-2)21-15-7-9-23(10-8-15)17-6-5-11-25-17;/h5-6,11-12,15H,3-4,7-10,13H2,1-2H3,(H2,19,20,21);1H. The number of aliphatic imine (C=N–C) groups is 1. The van der Waals surface area contributed by atoms with Gasteiger partial charge in [0.1, 0.15) is 6.54 Å². The van der Waals surface area contributed by atoms with E-state index in [1.54, 1.807) is 0 Å². The molecule has 0 aromatic carbocycles. The van der Waals surface area contributed by atoms with E-state index in [1.165, 1.54) is 5.00 Å². The van der Waals surface area contributed by atoms with E-state index >= 15 is 0 Å². The predicted molar refractivity (Wildman–Crippen MR) is 119 cm³/mol. The topological polar surface area (TPSA) is 65.7 Å². The lowest BCUT2D eigenvalue weighted by atomic mass is 10.1. The SMILES string of the molecule is CCNC(=NCc1cc(CC)no1)NC1CCN(c2cccs2)CC1.I. The van der Waals surface area contributed by atoms with Crippen LogP contribution in [0.4, 0.5) is 5.00 Å². The van der Waals surface area contributed by atoms with Gasteiger partial charge in [0.2, 0.25) is 0 Å². The smallest absolute Gasteiger partial charge is 0.191 e. The fraction of sp³-hybridized carbons (Fsp3) is 0.556. The van der Waals surface area contributed by atoms with Gasteiger partial charge >= 0.3 is 0 Å². The molecule has 3 rings (SSSR count). The van der Waals surface area contributed by atoms with Crippen molar-refractivity contribution in [3.8, 4) is 0 Å². The maximum absolute atomic E-state index is 5.31. The summed E-state index contributed by atoms with van der Waals surface area (Å²) in [4.78, 5) is 7.11. The third-order valence-electron chi connectivity index (χ3n) is 4.36. The molecule has 3 heterocycles. The summed E-state index contributed by atoms with van der Waals surface area (Å²) in [5.41, 5.74) is 0.976. The van der Waals surface area contributed by atoms with E-state index in [9.17, 15) is 0 Å². The maximum atomic E-state index is 5.31. The molecule has 0 bridgehead atoms. The molecule has 0 spiro atoms. The normalized spacial score (nSPS) is 15.6. The van der Waals surface area contributed by atoms with Crippen molar-refractivity contribution < 1.29 is 4.52 Å². The Morgan fingerprint density at radius 1 is 1.38 bits per heavy atom. The van der Waals surface area contributed by atoms with Crippen LogP contribution in [0.2, 0.25) is 0 Å². The van der Waals surface area contributed by atoms with E-state index in [4.69, 9.17) is 4.52 Å². The quantitative estimate of drug-likeness (QED) is 0.369. The van der Waals surface area contributed by atoms with Crippen LogP contribution in [0.5, 0.6) is 0 Å². The summed E-state index contributed by atoms with van der Waals surface area (Å²) < 4.78 is 5.31. The first-order valence-electron chi connectivity index (χ1n) is 9.06. The zero-order chi connectivity index (χ0) is 17.5. The molecule has 2 N–H and O–H groups in total. The van der Waals surface area contributed by atoms with E-state index in [0.717, 1.165) is 56.3 Å². The Labute approximate surface area is 176 Å². The molecule has 2 aromatic heterocycles. The van der Waals surface area contributed by atoms with Gasteiger partial charge in [-0.1, -0.05) is 12.1 Å². The van der Waals surface area contributed by atoms with E-state index in [-0.39, 0.29) is 24.0 Å². The lowest BCUT2D eigenvalue weighted by Crippen LogP contribution is -2.48. The average molecular weight is 489 g/mol. The van der Waals surface area contributed by atoms with Crippen LogP contribution in [0.25, 0.3) is 0 Å². The van der Waals surface area contributed by atoms with Gasteiger partial charge in [0.05, 0.1) is 10.7 Å². The van der Waals surface area contributed by atoms with Crippen molar-refractivity contribution in [2.45, 2.75) is 45.7 Å². The Bertz CT molecular complexity index is 665. The van der Waals surface area contributed by atoms with Gasteiger partial charge in [0.15, 0.2) is 11.7 Å². The van der Waals surface area contributed by atoms with Crippen molar-refractivity contribution in [3.63, 3.8) is 0 Å². The number of rotatable bonds is 6. The summed E-state index contributed by atoms with van der Waals surface area (Å²) in [6.07, 6.45) is 3.11. The van der Waals surface area contributed by atoms with Gasteiger partial charge < -0.3 is 20.1 Å². The van der Waals surface area contributed by atoms with Crippen molar-refractivity contribution >= 4 is 46.3 Å². The Kier molecular flexibility index (Phi) is 8.70. The molecule has 1 aliphatic heterocycles. The number of nitrogens with one attached hydrogen (secondary N) is 2. The van der Waals surface area contributed by atoms with Crippen LogP contribution in [0.3, 0.4) is 0 Å². The minimum Gasteiger partial charge on any atom is -0.363 e. The second-order valence-corrected chi connectivity index (χ2v) is 7.12. The molecule has 1 aliphatic rings. The Balaban J connectivity index is 0.00000243. The Morgan fingerprint density at radius 3 is 2.81 bits per heavy atom. The summed E-state index contributed by atoms with van der Waals surface area (Å²) in [6, 6.07) is 6.75. The molecular formula is C18H28IN5OS. The first-order chi connectivity index (χ1) is 12.3. The van der Waals surface area contributed by atoms with Crippen LogP contribution in [-0.4, -0.2) is 36.8 Å². The molecule has 0 atom stereocenters. The highest BCUT2D eigenvalue weighted by atomic mass is 127. The first kappa shape index (κ1) is 21.0. The van der Waals surface area contributed by atoms with Crippen LogP contribution in [0.15, 0.2) is 33.1 Å². The first-order valence-corrected chi connectivity index (χ1v) is 9.94. The number of hydrogen-bond donors (Lipinski definition) is 2. The zero-order valence-electron chi connectivity index (χ0n) is 15.4. The lowest BCUT2D eigenvalue weighted by molar-refractivity contribution is 0.379. The molecular weight excluding hydrogens is 461 g/mol. The molecule has 2 aromatic rings. The molecule has 26 heavy (non-hydrogen) atoms. The highest BCUT2D eigenvalue weighted by Crippen LogP contribution is 2.24. The number of thiophene rings is 1. The van der Waals surface area contributed by atoms with Crippen LogP contribution in [-0.2, 0) is 13.0 Å². The fourth-order valence-corrected chi connectivity index (χ4v) is 3.75. The second-order valence-electron chi connectivity index (χ2n) is 6.19. The van der Waals surface area contributed by atoms with Gasteiger partial charge in [-0.05, 0) is 43.7 Å². The van der Waals surface area contributed by atoms with E-state index in [1.807, 2.05) is 17.4 Å². The summed E-state index contributed by atoms with van der Waals surface area (Å²) in [6.45, 7) is 7.67. The van der Waals surface area contributed by atoms with Gasteiger partial charge in [0.25, 0.3) is 0 Å². The Hall–Kier alpha value is -1.29. The van der Waals surface area contributed by atoms with Crippen molar-refractivity contribution in [3.05, 3.63) is 35.0 Å². The van der Waals surface area contributed by atoms with Gasteiger partial charge in [-0.25, -0.2) is 4.99 Å². The largest absolute Gasteiger partial charge is 0.363 e. The number of halogens is 1. The van der Waals surface area contributed by atoms with E-state index in [2.05, 4.69) is 57.0 Å². The molecule has 8 heteroatoms. The average Bonchev–Trinajstić information content (AvgIpc) is 3.32. The number of nitrogens with zero attached hydrogens (tertiary/aromatic N) is 3. The van der Waals surface area contributed by atoms with Crippen molar-refractivity contribution in [1.82, 2.24) is 15.8 Å². The van der Waals surface area contributed by atoms with E-state index < -0.39 is 0 Å². The summed E-state index contributed by atoms with van der Waals surface area (Å²) in [5, 5.41) is 14.4. The Morgan fingerprint density at radius 2 is 2.19 bits per heavy atom. The van der Waals surface area contributed by atoms with Crippen molar-refractivity contribution in [2.24, 2.45) is 4.99 Å². The summed E-state index contributed by atoms with van der Waals surface area (Å²) in [5.74, 6) is 1.66. The number of guanidine groups is 1. The minimum absolute atomic E-state index is 0. The van der Waals surface area contributed by atoms with Gasteiger partial charge in [0, 0.05) is 31.7 Å². The number of aryl methyl sites for hydroxylation is 1. The molecule has 144 valence electrons. The highest BCUT2D eigenvalue weighted by molar-refractivity contribution is 14.0. The monoisotopic (exact) mass is 489 g/mol. The number of hydrogen-bond acceptors (Lipinski definition) is 5. The van der Waals surface area contributed by atoms with Crippen LogP contribution in [0.1, 0.15) is 38.1 Å². The highest BCUT2D eigenvalue weighted by Gasteiger charge is 2.20. The molecule has 0 unspecified atom stereocenters. The van der Waals surface area contributed by atoms with Crippen LogP contribution >= 0.6 is 35.3 Å². The molecule has 6 nitrogen and oxygen atoms in total. The third kappa shape index (κ3) is 5.87. The molecule has 0 amide bonds. The second kappa shape index (κ2) is 10.8. The minimum atomic E-state index is 0. The van der Waals surface area contributed by atoms with Crippen LogP contribution in [0, 0.1) is 0 Å². The molecule has 1 saturated heterocycles. The zero-order valence-corrected chi connectivity index (χ0v) is 18.5. The predicted octanol–water partition coefficient (Wildman–Crippen LogP) is 3.64.